The van der Waals surface area contributed by atoms with Crippen LogP contribution in [0, 0.1) is 6.92 Å². The van der Waals surface area contributed by atoms with Crippen LogP contribution in [0.15, 0.2) is 20.9 Å². The molecule has 0 aromatic carbocycles. The Morgan fingerprint density at radius 2 is 2.39 bits per heavy atom. The third-order valence-corrected chi connectivity index (χ3v) is 5.11. The Labute approximate surface area is 115 Å². The molecular formula is C12H16N4S2. The molecule has 18 heavy (non-hydrogen) atoms. The molecule has 0 amide bonds. The molecule has 2 aromatic rings. The van der Waals surface area contributed by atoms with Gasteiger partial charge in [0, 0.05) is 36.8 Å². The summed E-state index contributed by atoms with van der Waals surface area (Å²) in [6, 6.07) is 0.724. The molecule has 2 heterocycles. The summed E-state index contributed by atoms with van der Waals surface area (Å²) in [7, 11) is 2.00. The summed E-state index contributed by atoms with van der Waals surface area (Å²) in [5, 5.41) is 11.3. The predicted molar refractivity (Wildman–Crippen MR) is 74.0 cm³/mol. The van der Waals surface area contributed by atoms with Crippen LogP contribution in [0.1, 0.15) is 24.1 Å². The molecule has 0 atom stereocenters. The molecule has 1 saturated carbocycles. The van der Waals surface area contributed by atoms with Crippen LogP contribution >= 0.6 is 23.1 Å². The first-order chi connectivity index (χ1) is 8.74. The van der Waals surface area contributed by atoms with Gasteiger partial charge in [0.15, 0.2) is 4.34 Å². The van der Waals surface area contributed by atoms with E-state index in [2.05, 4.69) is 22.3 Å². The lowest BCUT2D eigenvalue weighted by Crippen LogP contribution is -2.16. The van der Waals surface area contributed by atoms with E-state index >= 15 is 0 Å². The average Bonchev–Trinajstić information content (AvgIpc) is 2.95. The van der Waals surface area contributed by atoms with Gasteiger partial charge in [-0.3, -0.25) is 4.68 Å². The molecule has 0 bridgehead atoms. The highest BCUT2D eigenvalue weighted by Gasteiger charge is 2.22. The van der Waals surface area contributed by atoms with E-state index in [0.29, 0.717) is 0 Å². The minimum Gasteiger partial charge on any atom is -0.310 e. The number of nitrogens with zero attached hydrogens (tertiary/aromatic N) is 3. The van der Waals surface area contributed by atoms with Gasteiger partial charge in [-0.15, -0.1) is 11.3 Å². The van der Waals surface area contributed by atoms with E-state index in [0.717, 1.165) is 22.6 Å². The van der Waals surface area contributed by atoms with Crippen LogP contribution in [-0.4, -0.2) is 20.8 Å². The monoisotopic (exact) mass is 280 g/mol. The summed E-state index contributed by atoms with van der Waals surface area (Å²) < 4.78 is 3.04. The van der Waals surface area contributed by atoms with E-state index in [1.54, 1.807) is 23.1 Å². The molecule has 0 spiro atoms. The van der Waals surface area contributed by atoms with E-state index in [1.807, 2.05) is 23.3 Å². The maximum atomic E-state index is 4.52. The van der Waals surface area contributed by atoms with E-state index < -0.39 is 0 Å². The second kappa shape index (κ2) is 5.03. The quantitative estimate of drug-likeness (QED) is 0.914. The van der Waals surface area contributed by atoms with Crippen molar-refractivity contribution in [2.24, 2.45) is 7.05 Å². The highest BCUT2D eigenvalue weighted by Crippen LogP contribution is 2.33. The number of hydrogen-bond acceptors (Lipinski definition) is 5. The third-order valence-electron chi connectivity index (χ3n) is 3.03. The fraction of sp³-hybridized carbons (Fsp3) is 0.500. The standard InChI is InChI=1S/C12H16N4S2/c1-8-10(7-14-9-3-4-9)11(16(2)15-8)18-12-13-5-6-17-12/h5-6,9,14H,3-4,7H2,1-2H3. The highest BCUT2D eigenvalue weighted by molar-refractivity contribution is 8.01. The van der Waals surface area contributed by atoms with Gasteiger partial charge < -0.3 is 5.32 Å². The summed E-state index contributed by atoms with van der Waals surface area (Å²) >= 11 is 3.38. The number of aromatic nitrogens is 3. The van der Waals surface area contributed by atoms with Crippen LogP contribution in [0.4, 0.5) is 0 Å². The third kappa shape index (κ3) is 2.60. The maximum Gasteiger partial charge on any atom is 0.156 e. The molecule has 4 nitrogen and oxygen atoms in total. The van der Waals surface area contributed by atoms with Crippen molar-refractivity contribution in [3.05, 3.63) is 22.8 Å². The average molecular weight is 280 g/mol. The summed E-state index contributed by atoms with van der Waals surface area (Å²) in [6.07, 6.45) is 4.47. The molecule has 1 aliphatic carbocycles. The van der Waals surface area contributed by atoms with Crippen molar-refractivity contribution in [3.8, 4) is 0 Å². The first-order valence-corrected chi connectivity index (χ1v) is 7.77. The number of nitrogens with one attached hydrogen (secondary N) is 1. The fourth-order valence-corrected chi connectivity index (χ4v) is 3.64. The van der Waals surface area contributed by atoms with Crippen molar-refractivity contribution in [1.82, 2.24) is 20.1 Å². The van der Waals surface area contributed by atoms with Crippen LogP contribution in [-0.2, 0) is 13.6 Å². The van der Waals surface area contributed by atoms with Crippen LogP contribution in [0.3, 0.4) is 0 Å². The summed E-state index contributed by atoms with van der Waals surface area (Å²) in [5.41, 5.74) is 2.43. The Kier molecular flexibility index (Phi) is 3.41. The van der Waals surface area contributed by atoms with Crippen molar-refractivity contribution in [2.45, 2.75) is 41.7 Å². The summed E-state index contributed by atoms with van der Waals surface area (Å²) in [6.45, 7) is 2.99. The Bertz CT molecular complexity index is 529. The molecule has 0 unspecified atom stereocenters. The molecular weight excluding hydrogens is 264 g/mol. The lowest BCUT2D eigenvalue weighted by atomic mass is 10.2. The van der Waals surface area contributed by atoms with E-state index in [1.165, 1.54) is 23.4 Å². The number of aryl methyl sites for hydroxylation is 2. The van der Waals surface area contributed by atoms with Crippen LogP contribution in [0.5, 0.6) is 0 Å². The first kappa shape index (κ1) is 12.2. The van der Waals surface area contributed by atoms with Crippen LogP contribution < -0.4 is 5.32 Å². The van der Waals surface area contributed by atoms with Crippen molar-refractivity contribution in [2.75, 3.05) is 0 Å². The van der Waals surface area contributed by atoms with Gasteiger partial charge in [-0.1, -0.05) is 0 Å². The molecule has 2 aromatic heterocycles. The lowest BCUT2D eigenvalue weighted by molar-refractivity contribution is 0.658. The lowest BCUT2D eigenvalue weighted by Gasteiger charge is -2.05. The molecule has 1 aliphatic rings. The van der Waals surface area contributed by atoms with E-state index in [4.69, 9.17) is 0 Å². The Morgan fingerprint density at radius 3 is 3.06 bits per heavy atom. The van der Waals surface area contributed by atoms with Gasteiger partial charge in [0.1, 0.15) is 5.03 Å². The molecule has 3 rings (SSSR count). The molecule has 1 fully saturated rings. The Hall–Kier alpha value is -0.850. The van der Waals surface area contributed by atoms with Gasteiger partial charge in [-0.25, -0.2) is 4.98 Å². The zero-order valence-electron chi connectivity index (χ0n) is 10.5. The normalized spacial score (nSPS) is 15.2. The molecule has 96 valence electrons. The zero-order valence-corrected chi connectivity index (χ0v) is 12.1. The van der Waals surface area contributed by atoms with Gasteiger partial charge in [0.05, 0.1) is 5.69 Å². The Balaban J connectivity index is 1.81. The van der Waals surface area contributed by atoms with Crippen molar-refractivity contribution in [1.29, 1.82) is 0 Å². The number of hydrogen-bond donors (Lipinski definition) is 1. The van der Waals surface area contributed by atoms with E-state index in [9.17, 15) is 0 Å². The summed E-state index contributed by atoms with van der Waals surface area (Å²) in [5.74, 6) is 0. The smallest absolute Gasteiger partial charge is 0.156 e. The second-order valence-corrected chi connectivity index (χ2v) is 6.68. The SMILES string of the molecule is Cc1nn(C)c(Sc2nccs2)c1CNC1CC1. The van der Waals surface area contributed by atoms with Gasteiger partial charge >= 0.3 is 0 Å². The highest BCUT2D eigenvalue weighted by atomic mass is 32.2. The Morgan fingerprint density at radius 1 is 1.56 bits per heavy atom. The van der Waals surface area contributed by atoms with Crippen molar-refractivity contribution >= 4 is 23.1 Å². The summed E-state index contributed by atoms with van der Waals surface area (Å²) in [4.78, 5) is 4.33. The molecule has 0 aliphatic heterocycles. The topological polar surface area (TPSA) is 42.7 Å². The predicted octanol–water partition coefficient (Wildman–Crippen LogP) is 2.59. The number of rotatable bonds is 5. The van der Waals surface area contributed by atoms with Crippen LogP contribution in [0.2, 0.25) is 0 Å². The minimum atomic E-state index is 0.724. The largest absolute Gasteiger partial charge is 0.310 e. The van der Waals surface area contributed by atoms with E-state index in [-0.39, 0.29) is 0 Å². The van der Waals surface area contributed by atoms with Gasteiger partial charge in [-0.05, 0) is 31.5 Å². The molecule has 1 N–H and O–H groups in total. The van der Waals surface area contributed by atoms with Gasteiger partial charge in [0.2, 0.25) is 0 Å². The van der Waals surface area contributed by atoms with Gasteiger partial charge in [0.25, 0.3) is 0 Å². The minimum absolute atomic E-state index is 0.724. The fourth-order valence-electron chi connectivity index (χ4n) is 1.89. The zero-order chi connectivity index (χ0) is 12.5. The second-order valence-electron chi connectivity index (χ2n) is 4.55. The van der Waals surface area contributed by atoms with Crippen LogP contribution in [0.25, 0.3) is 0 Å². The first-order valence-electron chi connectivity index (χ1n) is 6.07. The van der Waals surface area contributed by atoms with Crippen molar-refractivity contribution < 1.29 is 0 Å². The van der Waals surface area contributed by atoms with Crippen molar-refractivity contribution in [3.63, 3.8) is 0 Å². The van der Waals surface area contributed by atoms with Gasteiger partial charge in [-0.2, -0.15) is 5.10 Å². The molecule has 0 saturated heterocycles. The molecule has 6 heteroatoms. The molecule has 0 radical (unpaired) electrons. The maximum absolute atomic E-state index is 4.52. The number of thiazole rings is 1.